The Labute approximate surface area is 151 Å². The molecule has 124 valence electrons. The van der Waals surface area contributed by atoms with Crippen molar-refractivity contribution in [1.29, 1.82) is 0 Å². The van der Waals surface area contributed by atoms with Gasteiger partial charge in [-0.2, -0.15) is 0 Å². The summed E-state index contributed by atoms with van der Waals surface area (Å²) in [5.74, 6) is 1.86. The number of rotatable bonds is 8. The van der Waals surface area contributed by atoms with Crippen LogP contribution in [0, 0.1) is 0 Å². The van der Waals surface area contributed by atoms with Gasteiger partial charge in [-0.05, 0) is 30.9 Å². The van der Waals surface area contributed by atoms with E-state index >= 15 is 0 Å². The summed E-state index contributed by atoms with van der Waals surface area (Å²) in [5, 5.41) is 3.39. The van der Waals surface area contributed by atoms with E-state index in [4.69, 9.17) is 4.74 Å². The molecule has 1 aromatic carbocycles. The second-order valence-corrected chi connectivity index (χ2v) is 4.89. The predicted octanol–water partition coefficient (Wildman–Crippen LogP) is 3.33. The molecule has 1 rings (SSSR count). The number of ether oxygens (including phenoxy) is 1. The molecule has 0 aromatic heterocycles. The first kappa shape index (κ1) is 20.8. The van der Waals surface area contributed by atoms with E-state index in [-0.39, 0.29) is 24.0 Å². The lowest BCUT2D eigenvalue weighted by Crippen LogP contribution is -2.40. The number of halogens is 1. The van der Waals surface area contributed by atoms with Crippen LogP contribution >= 0.6 is 24.0 Å². The van der Waals surface area contributed by atoms with Crippen LogP contribution < -0.4 is 10.1 Å². The fraction of sp³-hybridized carbons (Fsp3) is 0.471. The second kappa shape index (κ2) is 12.3. The minimum Gasteiger partial charge on any atom is -0.496 e. The molecular formula is C17H28IN3O. The van der Waals surface area contributed by atoms with E-state index < -0.39 is 0 Å². The number of para-hydroxylation sites is 1. The number of benzene rings is 1. The third-order valence-corrected chi connectivity index (χ3v) is 3.35. The van der Waals surface area contributed by atoms with Gasteiger partial charge in [0.15, 0.2) is 5.96 Å². The zero-order valence-electron chi connectivity index (χ0n) is 13.8. The molecule has 22 heavy (non-hydrogen) atoms. The van der Waals surface area contributed by atoms with Gasteiger partial charge in [-0.15, -0.1) is 30.6 Å². The van der Waals surface area contributed by atoms with Crippen LogP contribution in [-0.4, -0.2) is 45.2 Å². The van der Waals surface area contributed by atoms with Crippen molar-refractivity contribution >= 4 is 29.9 Å². The molecule has 0 fully saturated rings. The largest absolute Gasteiger partial charge is 0.496 e. The van der Waals surface area contributed by atoms with Crippen molar-refractivity contribution in [3.63, 3.8) is 0 Å². The zero-order valence-corrected chi connectivity index (χ0v) is 16.2. The van der Waals surface area contributed by atoms with Gasteiger partial charge in [0, 0.05) is 27.2 Å². The van der Waals surface area contributed by atoms with Crippen molar-refractivity contribution in [3.8, 4) is 5.75 Å². The number of aliphatic imine (C=N–C) groups is 1. The average molecular weight is 417 g/mol. The summed E-state index contributed by atoms with van der Waals surface area (Å²) in [6, 6.07) is 8.11. The van der Waals surface area contributed by atoms with E-state index in [1.54, 1.807) is 7.11 Å². The Kier molecular flexibility index (Phi) is 11.6. The first-order valence-corrected chi connectivity index (χ1v) is 7.37. The van der Waals surface area contributed by atoms with Crippen molar-refractivity contribution in [2.45, 2.75) is 19.3 Å². The van der Waals surface area contributed by atoms with E-state index in [0.717, 1.165) is 44.1 Å². The second-order valence-electron chi connectivity index (χ2n) is 4.89. The fourth-order valence-corrected chi connectivity index (χ4v) is 2.18. The van der Waals surface area contributed by atoms with Gasteiger partial charge in [-0.25, -0.2) is 0 Å². The van der Waals surface area contributed by atoms with Gasteiger partial charge in [0.05, 0.1) is 7.11 Å². The molecule has 0 unspecified atom stereocenters. The van der Waals surface area contributed by atoms with Crippen LogP contribution in [0.15, 0.2) is 41.9 Å². The number of methoxy groups -OCH3 is 1. The number of nitrogens with one attached hydrogen (secondary N) is 1. The Hall–Kier alpha value is -1.24. The lowest BCUT2D eigenvalue weighted by atomic mass is 10.1. The van der Waals surface area contributed by atoms with Crippen LogP contribution in [0.2, 0.25) is 0 Å². The number of nitrogens with zero attached hydrogens (tertiary/aromatic N) is 2. The lowest BCUT2D eigenvalue weighted by molar-refractivity contribution is 0.409. The van der Waals surface area contributed by atoms with Crippen LogP contribution in [0.25, 0.3) is 0 Å². The molecule has 0 spiro atoms. The maximum absolute atomic E-state index is 5.36. The minimum atomic E-state index is 0. The van der Waals surface area contributed by atoms with Gasteiger partial charge in [0.2, 0.25) is 0 Å². The monoisotopic (exact) mass is 417 g/mol. The maximum Gasteiger partial charge on any atom is 0.193 e. The summed E-state index contributed by atoms with van der Waals surface area (Å²) < 4.78 is 5.36. The first-order chi connectivity index (χ1) is 10.2. The Morgan fingerprint density at radius 1 is 1.41 bits per heavy atom. The number of hydrogen-bond donors (Lipinski definition) is 1. The number of hydrogen-bond acceptors (Lipinski definition) is 2. The van der Waals surface area contributed by atoms with E-state index in [2.05, 4.69) is 34.9 Å². The molecule has 0 aliphatic carbocycles. The van der Waals surface area contributed by atoms with E-state index in [1.165, 1.54) is 5.56 Å². The molecule has 0 saturated heterocycles. The normalized spacial score (nSPS) is 10.6. The zero-order chi connectivity index (χ0) is 15.5. The Morgan fingerprint density at radius 3 is 2.77 bits per heavy atom. The minimum absolute atomic E-state index is 0. The molecule has 0 heterocycles. The van der Waals surface area contributed by atoms with Crippen molar-refractivity contribution in [2.24, 2.45) is 4.99 Å². The summed E-state index contributed by atoms with van der Waals surface area (Å²) in [5.41, 5.74) is 1.21. The van der Waals surface area contributed by atoms with Gasteiger partial charge in [0.25, 0.3) is 0 Å². The molecule has 0 bridgehead atoms. The molecule has 0 saturated carbocycles. The molecule has 1 aromatic rings. The van der Waals surface area contributed by atoms with Gasteiger partial charge >= 0.3 is 0 Å². The van der Waals surface area contributed by atoms with Crippen LogP contribution in [0.5, 0.6) is 5.75 Å². The number of guanidine groups is 1. The van der Waals surface area contributed by atoms with Crippen molar-refractivity contribution < 1.29 is 4.74 Å². The van der Waals surface area contributed by atoms with Crippen LogP contribution in [-0.2, 0) is 6.42 Å². The molecule has 0 atom stereocenters. The molecule has 0 amide bonds. The predicted molar refractivity (Wildman–Crippen MR) is 106 cm³/mol. The highest BCUT2D eigenvalue weighted by atomic mass is 127. The summed E-state index contributed by atoms with van der Waals surface area (Å²) in [4.78, 5) is 6.46. The molecule has 0 aliphatic rings. The summed E-state index contributed by atoms with van der Waals surface area (Å²) in [6.45, 7) is 5.55. The first-order valence-electron chi connectivity index (χ1n) is 7.37. The smallest absolute Gasteiger partial charge is 0.193 e. The van der Waals surface area contributed by atoms with Crippen LogP contribution in [0.1, 0.15) is 18.4 Å². The third kappa shape index (κ3) is 7.15. The summed E-state index contributed by atoms with van der Waals surface area (Å²) >= 11 is 0. The van der Waals surface area contributed by atoms with E-state index in [0.29, 0.717) is 0 Å². The standard InChI is InChI=1S/C17H27N3O.HI/c1-5-6-9-14-20(3)17(18-2)19-13-12-15-10-7-8-11-16(15)21-4;/h5,7-8,10-11H,1,6,9,12-14H2,2-4H3,(H,18,19);1H. The fourth-order valence-electron chi connectivity index (χ4n) is 2.18. The van der Waals surface area contributed by atoms with Crippen LogP contribution in [0.3, 0.4) is 0 Å². The SMILES string of the molecule is C=CCCCN(C)C(=NC)NCCc1ccccc1OC.I. The number of allylic oxidation sites excluding steroid dienone is 1. The van der Waals surface area contributed by atoms with Gasteiger partial charge in [0.1, 0.15) is 5.75 Å². The number of unbranched alkanes of at least 4 members (excludes halogenated alkanes) is 1. The highest BCUT2D eigenvalue weighted by Crippen LogP contribution is 2.17. The lowest BCUT2D eigenvalue weighted by Gasteiger charge is -2.22. The molecule has 4 nitrogen and oxygen atoms in total. The Morgan fingerprint density at radius 2 is 2.14 bits per heavy atom. The highest BCUT2D eigenvalue weighted by Gasteiger charge is 2.06. The Balaban J connectivity index is 0.00000441. The highest BCUT2D eigenvalue weighted by molar-refractivity contribution is 14.0. The van der Waals surface area contributed by atoms with Gasteiger partial charge in [-0.3, -0.25) is 4.99 Å². The molecule has 0 radical (unpaired) electrons. The van der Waals surface area contributed by atoms with Crippen LogP contribution in [0.4, 0.5) is 0 Å². The Bertz CT molecular complexity index is 463. The molecule has 0 aliphatic heterocycles. The van der Waals surface area contributed by atoms with Gasteiger partial charge < -0.3 is 15.0 Å². The average Bonchev–Trinajstić information content (AvgIpc) is 2.52. The maximum atomic E-state index is 5.36. The van der Waals surface area contributed by atoms with Crippen molar-refractivity contribution in [1.82, 2.24) is 10.2 Å². The quantitative estimate of drug-likeness (QED) is 0.232. The molecule has 5 heteroatoms. The summed E-state index contributed by atoms with van der Waals surface area (Å²) in [6.07, 6.45) is 4.98. The van der Waals surface area contributed by atoms with Gasteiger partial charge in [-0.1, -0.05) is 24.3 Å². The molecule has 1 N–H and O–H groups in total. The van der Waals surface area contributed by atoms with E-state index in [9.17, 15) is 0 Å². The summed E-state index contributed by atoms with van der Waals surface area (Å²) in [7, 11) is 5.58. The van der Waals surface area contributed by atoms with E-state index in [1.807, 2.05) is 31.3 Å². The molecular weight excluding hydrogens is 389 g/mol. The topological polar surface area (TPSA) is 36.9 Å². The third-order valence-electron chi connectivity index (χ3n) is 3.35. The van der Waals surface area contributed by atoms with Crippen molar-refractivity contribution in [2.75, 3.05) is 34.3 Å². The van der Waals surface area contributed by atoms with Crippen molar-refractivity contribution in [3.05, 3.63) is 42.5 Å².